The lowest BCUT2D eigenvalue weighted by molar-refractivity contribution is -0.207. The van der Waals surface area contributed by atoms with Gasteiger partial charge >= 0.3 is 6.18 Å². The SMILES string of the molecule is Cc1noc([C@@H](C)NC(=O)c2cc(-c3ccc(F)cc3F)nc(C(O)C(F)(F)F)c2)n1. The Labute approximate surface area is 171 Å². The van der Waals surface area contributed by atoms with E-state index in [1.807, 2.05) is 0 Å². The van der Waals surface area contributed by atoms with Gasteiger partial charge in [-0.3, -0.25) is 4.79 Å². The summed E-state index contributed by atoms with van der Waals surface area (Å²) in [5.41, 5.74) is -2.03. The third-order valence-electron chi connectivity index (χ3n) is 4.17. The fourth-order valence-electron chi connectivity index (χ4n) is 2.66. The maximum atomic E-state index is 14.2. The Bertz CT molecular complexity index is 1120. The maximum absolute atomic E-state index is 14.2. The Morgan fingerprint density at radius 2 is 1.87 bits per heavy atom. The number of hydrogen-bond acceptors (Lipinski definition) is 6. The number of aliphatic hydroxyl groups excluding tert-OH is 1. The van der Waals surface area contributed by atoms with Crippen molar-refractivity contribution in [3.05, 3.63) is 64.9 Å². The van der Waals surface area contributed by atoms with E-state index in [0.717, 1.165) is 24.3 Å². The third-order valence-corrected chi connectivity index (χ3v) is 4.17. The molecular weight excluding hydrogens is 427 g/mol. The van der Waals surface area contributed by atoms with Crippen LogP contribution in [0.15, 0.2) is 34.9 Å². The molecule has 164 valence electrons. The van der Waals surface area contributed by atoms with Crippen LogP contribution in [0.25, 0.3) is 11.3 Å². The van der Waals surface area contributed by atoms with Crippen LogP contribution in [-0.4, -0.2) is 32.3 Å². The molecule has 3 aromatic rings. The van der Waals surface area contributed by atoms with E-state index in [4.69, 9.17) is 4.52 Å². The molecule has 0 aliphatic rings. The van der Waals surface area contributed by atoms with Crippen molar-refractivity contribution in [1.29, 1.82) is 0 Å². The Hall–Kier alpha value is -3.41. The fraction of sp³-hybridized carbons (Fsp3) is 0.263. The zero-order valence-corrected chi connectivity index (χ0v) is 16.0. The van der Waals surface area contributed by atoms with Crippen LogP contribution >= 0.6 is 0 Å². The Balaban J connectivity index is 2.03. The van der Waals surface area contributed by atoms with Crippen molar-refractivity contribution < 1.29 is 36.4 Å². The number of carbonyl (C=O) groups excluding carboxylic acids is 1. The number of aliphatic hydroxyl groups is 1. The number of nitrogens with one attached hydrogen (secondary N) is 1. The Kier molecular flexibility index (Phi) is 6.02. The summed E-state index contributed by atoms with van der Waals surface area (Å²) in [5, 5.41) is 15.6. The van der Waals surface area contributed by atoms with Crippen LogP contribution in [-0.2, 0) is 0 Å². The highest BCUT2D eigenvalue weighted by atomic mass is 19.4. The molecule has 2 heterocycles. The third kappa shape index (κ3) is 5.02. The first kappa shape index (κ1) is 22.3. The van der Waals surface area contributed by atoms with Crippen molar-refractivity contribution in [2.24, 2.45) is 0 Å². The number of carbonyl (C=O) groups is 1. The molecule has 7 nitrogen and oxygen atoms in total. The van der Waals surface area contributed by atoms with Gasteiger partial charge in [0.15, 0.2) is 11.9 Å². The van der Waals surface area contributed by atoms with Crippen molar-refractivity contribution in [2.75, 3.05) is 0 Å². The monoisotopic (exact) mass is 442 g/mol. The van der Waals surface area contributed by atoms with E-state index in [9.17, 15) is 31.9 Å². The van der Waals surface area contributed by atoms with Crippen LogP contribution in [0.1, 0.15) is 46.8 Å². The van der Waals surface area contributed by atoms with Gasteiger partial charge in [0.2, 0.25) is 5.89 Å². The highest BCUT2D eigenvalue weighted by Gasteiger charge is 2.41. The van der Waals surface area contributed by atoms with Gasteiger partial charge in [0.25, 0.3) is 5.91 Å². The first-order chi connectivity index (χ1) is 14.5. The summed E-state index contributed by atoms with van der Waals surface area (Å²) in [4.78, 5) is 20.2. The molecule has 0 fully saturated rings. The van der Waals surface area contributed by atoms with Crippen LogP contribution in [0.4, 0.5) is 22.0 Å². The van der Waals surface area contributed by atoms with Crippen LogP contribution in [0.3, 0.4) is 0 Å². The van der Waals surface area contributed by atoms with Gasteiger partial charge in [-0.25, -0.2) is 13.8 Å². The van der Waals surface area contributed by atoms with Gasteiger partial charge in [-0.1, -0.05) is 5.16 Å². The average Bonchev–Trinajstić information content (AvgIpc) is 3.12. The van der Waals surface area contributed by atoms with E-state index in [0.29, 0.717) is 11.9 Å². The lowest BCUT2D eigenvalue weighted by atomic mass is 10.0. The van der Waals surface area contributed by atoms with Gasteiger partial charge in [0, 0.05) is 17.2 Å². The van der Waals surface area contributed by atoms with Gasteiger partial charge in [-0.2, -0.15) is 18.2 Å². The molecule has 2 atom stereocenters. The van der Waals surface area contributed by atoms with E-state index < -0.39 is 47.3 Å². The van der Waals surface area contributed by atoms with Gasteiger partial charge < -0.3 is 14.9 Å². The van der Waals surface area contributed by atoms with Gasteiger partial charge in [-0.15, -0.1) is 0 Å². The normalized spacial score (nSPS) is 13.7. The minimum atomic E-state index is -5.09. The van der Waals surface area contributed by atoms with Crippen LogP contribution in [0.5, 0.6) is 0 Å². The number of amides is 1. The van der Waals surface area contributed by atoms with E-state index in [1.54, 1.807) is 6.92 Å². The number of pyridine rings is 1. The average molecular weight is 442 g/mol. The topological polar surface area (TPSA) is 101 Å². The van der Waals surface area contributed by atoms with Gasteiger partial charge in [0.1, 0.15) is 17.7 Å². The summed E-state index contributed by atoms with van der Waals surface area (Å²) >= 11 is 0. The molecule has 0 bridgehead atoms. The summed E-state index contributed by atoms with van der Waals surface area (Å²) in [6.45, 7) is 3.05. The second-order valence-electron chi connectivity index (χ2n) is 6.61. The smallest absolute Gasteiger partial charge is 0.378 e. The first-order valence-electron chi connectivity index (χ1n) is 8.79. The van der Waals surface area contributed by atoms with Crippen LogP contribution < -0.4 is 5.32 Å². The Morgan fingerprint density at radius 1 is 1.16 bits per heavy atom. The number of aromatic nitrogens is 3. The van der Waals surface area contributed by atoms with E-state index in [1.165, 1.54) is 6.92 Å². The summed E-state index contributed by atoms with van der Waals surface area (Å²) < 4.78 is 71.4. The van der Waals surface area contributed by atoms with E-state index in [-0.39, 0.29) is 17.0 Å². The minimum absolute atomic E-state index is 0.0558. The fourth-order valence-corrected chi connectivity index (χ4v) is 2.66. The predicted molar refractivity (Wildman–Crippen MR) is 95.5 cm³/mol. The molecule has 1 amide bonds. The molecule has 0 saturated carbocycles. The first-order valence-corrected chi connectivity index (χ1v) is 8.79. The molecular formula is C19H15F5N4O3. The molecule has 3 rings (SSSR count). The zero-order valence-electron chi connectivity index (χ0n) is 16.0. The number of halogens is 5. The highest BCUT2D eigenvalue weighted by molar-refractivity contribution is 5.95. The molecule has 31 heavy (non-hydrogen) atoms. The predicted octanol–water partition coefficient (Wildman–Crippen LogP) is 3.80. The zero-order chi connectivity index (χ0) is 22.9. The van der Waals surface area contributed by atoms with Crippen molar-refractivity contribution in [1.82, 2.24) is 20.4 Å². The summed E-state index contributed by atoms with van der Waals surface area (Å²) in [6.07, 6.45) is -8.12. The second kappa shape index (κ2) is 8.38. The molecule has 0 radical (unpaired) electrons. The second-order valence-corrected chi connectivity index (χ2v) is 6.61. The van der Waals surface area contributed by atoms with Crippen LogP contribution in [0.2, 0.25) is 0 Å². The van der Waals surface area contributed by atoms with Crippen molar-refractivity contribution in [3.63, 3.8) is 0 Å². The number of nitrogens with zero attached hydrogens (tertiary/aromatic N) is 3. The molecule has 2 N–H and O–H groups in total. The summed E-state index contributed by atoms with van der Waals surface area (Å²) in [6, 6.07) is 3.30. The number of rotatable bonds is 5. The molecule has 12 heteroatoms. The standard InChI is InChI=1S/C19H15F5N4O3/c1-8(18-26-9(2)28-31-18)25-17(30)10-5-14(12-4-3-11(20)7-13(12)21)27-15(6-10)16(29)19(22,23)24/h3-8,16,29H,1-2H3,(H,25,30)/t8-,16?/m1/s1. The van der Waals surface area contributed by atoms with Gasteiger partial charge in [-0.05, 0) is 38.1 Å². The van der Waals surface area contributed by atoms with Crippen molar-refractivity contribution in [3.8, 4) is 11.3 Å². The molecule has 0 spiro atoms. The quantitative estimate of drug-likeness (QED) is 0.583. The van der Waals surface area contributed by atoms with Crippen molar-refractivity contribution >= 4 is 5.91 Å². The summed E-state index contributed by atoms with van der Waals surface area (Å²) in [5.74, 6) is -2.52. The molecule has 1 unspecified atom stereocenters. The lowest BCUT2D eigenvalue weighted by Crippen LogP contribution is -2.28. The number of alkyl halides is 3. The summed E-state index contributed by atoms with van der Waals surface area (Å²) in [7, 11) is 0. The lowest BCUT2D eigenvalue weighted by Gasteiger charge is -2.17. The van der Waals surface area contributed by atoms with E-state index >= 15 is 0 Å². The van der Waals surface area contributed by atoms with Crippen molar-refractivity contribution in [2.45, 2.75) is 32.2 Å². The number of aryl methyl sites for hydroxylation is 1. The van der Waals surface area contributed by atoms with Crippen LogP contribution in [0, 0.1) is 18.6 Å². The molecule has 1 aromatic carbocycles. The molecule has 0 aliphatic carbocycles. The number of benzene rings is 1. The molecule has 2 aromatic heterocycles. The Morgan fingerprint density at radius 3 is 2.45 bits per heavy atom. The largest absolute Gasteiger partial charge is 0.420 e. The van der Waals surface area contributed by atoms with E-state index in [2.05, 4.69) is 20.4 Å². The molecule has 0 aliphatic heterocycles. The molecule has 0 saturated heterocycles. The highest BCUT2D eigenvalue weighted by Crippen LogP contribution is 2.33. The van der Waals surface area contributed by atoms with Gasteiger partial charge in [0.05, 0.1) is 11.4 Å². The minimum Gasteiger partial charge on any atom is -0.378 e. The maximum Gasteiger partial charge on any atom is 0.420 e. The number of hydrogen-bond donors (Lipinski definition) is 2.